The molecule has 1 heterocycles. The average Bonchev–Trinajstić information content (AvgIpc) is 2.76. The summed E-state index contributed by atoms with van der Waals surface area (Å²) in [6, 6.07) is 12.7. The second-order valence-electron chi connectivity index (χ2n) is 6.28. The molecule has 20 heavy (non-hydrogen) atoms. The van der Waals surface area contributed by atoms with Crippen LogP contribution in [0.15, 0.2) is 30.3 Å². The summed E-state index contributed by atoms with van der Waals surface area (Å²) in [5, 5.41) is 9.04. The predicted molar refractivity (Wildman–Crippen MR) is 86.1 cm³/mol. The fourth-order valence-electron chi connectivity index (χ4n) is 2.56. The van der Waals surface area contributed by atoms with Crippen LogP contribution in [-0.2, 0) is 12.8 Å². The van der Waals surface area contributed by atoms with Crippen molar-refractivity contribution >= 4 is 11.3 Å². The zero-order valence-electron chi connectivity index (χ0n) is 12.7. The molecule has 0 amide bonds. The second kappa shape index (κ2) is 5.81. The van der Waals surface area contributed by atoms with Crippen molar-refractivity contribution in [2.24, 2.45) is 5.41 Å². The maximum Gasteiger partial charge on any atom is 0.0991 e. The van der Waals surface area contributed by atoms with Gasteiger partial charge in [0, 0.05) is 9.75 Å². The molecule has 0 N–H and O–H groups in total. The van der Waals surface area contributed by atoms with E-state index in [1.807, 2.05) is 23.5 Å². The molecule has 2 aromatic rings. The van der Waals surface area contributed by atoms with Gasteiger partial charge in [-0.1, -0.05) is 19.9 Å². The van der Waals surface area contributed by atoms with Crippen LogP contribution in [0.5, 0.6) is 0 Å². The molecule has 0 radical (unpaired) electrons. The molecule has 0 fully saturated rings. The van der Waals surface area contributed by atoms with Crippen LogP contribution in [0.4, 0.5) is 0 Å². The molecule has 2 heteroatoms. The topological polar surface area (TPSA) is 23.8 Å². The molecular weight excluding hydrogens is 262 g/mol. The number of nitrogens with zero attached hydrogens (tertiary/aromatic N) is 1. The van der Waals surface area contributed by atoms with Gasteiger partial charge >= 0.3 is 0 Å². The number of hydrogen-bond acceptors (Lipinski definition) is 2. The zero-order valence-corrected chi connectivity index (χ0v) is 13.5. The van der Waals surface area contributed by atoms with Crippen molar-refractivity contribution in [3.05, 3.63) is 56.8 Å². The molecule has 0 unspecified atom stereocenters. The van der Waals surface area contributed by atoms with Crippen molar-refractivity contribution in [2.75, 3.05) is 0 Å². The van der Waals surface area contributed by atoms with Crippen molar-refractivity contribution in [1.82, 2.24) is 0 Å². The molecule has 1 nitrogen and oxygen atoms in total. The first-order chi connectivity index (χ1) is 9.39. The zero-order chi connectivity index (χ0) is 14.8. The summed E-state index contributed by atoms with van der Waals surface area (Å²) < 4.78 is 0. The average molecular weight is 283 g/mol. The van der Waals surface area contributed by atoms with Crippen LogP contribution in [0, 0.1) is 30.6 Å². The highest BCUT2D eigenvalue weighted by Crippen LogP contribution is 2.31. The van der Waals surface area contributed by atoms with Crippen molar-refractivity contribution in [3.63, 3.8) is 0 Å². The molecule has 104 valence electrons. The van der Waals surface area contributed by atoms with Gasteiger partial charge < -0.3 is 0 Å². The summed E-state index contributed by atoms with van der Waals surface area (Å²) in [7, 11) is 0. The Labute approximate surface area is 125 Å². The third-order valence-electron chi connectivity index (χ3n) is 3.60. The first-order valence-electron chi connectivity index (χ1n) is 6.94. The second-order valence-corrected chi connectivity index (χ2v) is 7.66. The quantitative estimate of drug-likeness (QED) is 0.770. The van der Waals surface area contributed by atoms with Gasteiger partial charge in [-0.2, -0.15) is 5.26 Å². The van der Waals surface area contributed by atoms with E-state index in [4.69, 9.17) is 5.26 Å². The first-order valence-corrected chi connectivity index (χ1v) is 7.76. The largest absolute Gasteiger partial charge is 0.192 e. The Balaban J connectivity index is 2.17. The van der Waals surface area contributed by atoms with E-state index in [-0.39, 0.29) is 5.41 Å². The molecule has 1 aromatic heterocycles. The Morgan fingerprint density at radius 2 is 1.85 bits per heavy atom. The maximum absolute atomic E-state index is 9.04. The van der Waals surface area contributed by atoms with Crippen LogP contribution in [0.25, 0.3) is 0 Å². The number of benzene rings is 1. The van der Waals surface area contributed by atoms with Gasteiger partial charge in [-0.3, -0.25) is 0 Å². The monoisotopic (exact) mass is 283 g/mol. The predicted octanol–water partition coefficient (Wildman–Crippen LogP) is 5.05. The standard InChI is InChI=1S/C18H21NS/c1-13-5-7-15(12-19)9-16(13)10-18(3,4)11-17-8-6-14(2)20-17/h5-9H,10-11H2,1-4H3. The van der Waals surface area contributed by atoms with Crippen molar-refractivity contribution in [3.8, 4) is 6.07 Å². The van der Waals surface area contributed by atoms with Crippen molar-refractivity contribution < 1.29 is 0 Å². The van der Waals surface area contributed by atoms with Gasteiger partial charge in [-0.15, -0.1) is 11.3 Å². The molecule has 1 aromatic carbocycles. The first kappa shape index (κ1) is 14.8. The molecule has 0 saturated heterocycles. The van der Waals surface area contributed by atoms with Crippen LogP contribution in [-0.4, -0.2) is 0 Å². The van der Waals surface area contributed by atoms with Gasteiger partial charge in [-0.05, 0) is 67.5 Å². The van der Waals surface area contributed by atoms with E-state index in [1.54, 1.807) is 0 Å². The number of rotatable bonds is 4. The lowest BCUT2D eigenvalue weighted by Crippen LogP contribution is -2.18. The smallest absolute Gasteiger partial charge is 0.0991 e. The summed E-state index contributed by atoms with van der Waals surface area (Å²) in [5.41, 5.74) is 3.53. The number of thiophene rings is 1. The SMILES string of the molecule is Cc1ccc(CC(C)(C)Cc2cc(C#N)ccc2C)s1. The third kappa shape index (κ3) is 3.71. The van der Waals surface area contributed by atoms with E-state index in [1.165, 1.54) is 20.9 Å². The minimum atomic E-state index is 0.204. The maximum atomic E-state index is 9.04. The van der Waals surface area contributed by atoms with Gasteiger partial charge in [0.1, 0.15) is 0 Å². The van der Waals surface area contributed by atoms with Crippen LogP contribution in [0.1, 0.15) is 40.3 Å². The summed E-state index contributed by atoms with van der Waals surface area (Å²) >= 11 is 1.88. The highest BCUT2D eigenvalue weighted by atomic mass is 32.1. The van der Waals surface area contributed by atoms with Crippen LogP contribution < -0.4 is 0 Å². The Bertz CT molecular complexity index is 644. The fraction of sp³-hybridized carbons (Fsp3) is 0.389. The van der Waals surface area contributed by atoms with Gasteiger partial charge in [0.15, 0.2) is 0 Å². The third-order valence-corrected chi connectivity index (χ3v) is 4.60. The van der Waals surface area contributed by atoms with E-state index in [9.17, 15) is 0 Å². The van der Waals surface area contributed by atoms with Crippen LogP contribution in [0.2, 0.25) is 0 Å². The van der Waals surface area contributed by atoms with E-state index < -0.39 is 0 Å². The molecule has 2 rings (SSSR count). The Morgan fingerprint density at radius 3 is 2.45 bits per heavy atom. The molecule has 0 aliphatic heterocycles. The highest BCUT2D eigenvalue weighted by Gasteiger charge is 2.21. The molecule has 0 aliphatic carbocycles. The van der Waals surface area contributed by atoms with Gasteiger partial charge in [-0.25, -0.2) is 0 Å². The fourth-order valence-corrected chi connectivity index (χ4v) is 3.71. The van der Waals surface area contributed by atoms with E-state index in [0.717, 1.165) is 18.4 Å². The van der Waals surface area contributed by atoms with Crippen LogP contribution in [0.3, 0.4) is 0 Å². The Morgan fingerprint density at radius 1 is 1.10 bits per heavy atom. The lowest BCUT2D eigenvalue weighted by Gasteiger charge is -2.25. The van der Waals surface area contributed by atoms with E-state index in [0.29, 0.717) is 0 Å². The summed E-state index contributed by atoms with van der Waals surface area (Å²) in [6.45, 7) is 8.89. The molecule has 0 bridgehead atoms. The Kier molecular flexibility index (Phi) is 4.30. The molecular formula is C18H21NS. The van der Waals surface area contributed by atoms with Crippen LogP contribution >= 0.6 is 11.3 Å². The Hall–Kier alpha value is -1.59. The molecule has 0 atom stereocenters. The minimum Gasteiger partial charge on any atom is -0.192 e. The lowest BCUT2D eigenvalue weighted by molar-refractivity contribution is 0.363. The van der Waals surface area contributed by atoms with Crippen molar-refractivity contribution in [2.45, 2.75) is 40.5 Å². The lowest BCUT2D eigenvalue weighted by atomic mass is 9.81. The molecule has 0 saturated carbocycles. The van der Waals surface area contributed by atoms with Crippen molar-refractivity contribution in [1.29, 1.82) is 5.26 Å². The highest BCUT2D eigenvalue weighted by molar-refractivity contribution is 7.11. The number of nitriles is 1. The summed E-state index contributed by atoms with van der Waals surface area (Å²) in [5.74, 6) is 0. The summed E-state index contributed by atoms with van der Waals surface area (Å²) in [4.78, 5) is 2.82. The number of hydrogen-bond donors (Lipinski definition) is 0. The molecule has 0 aliphatic rings. The van der Waals surface area contributed by atoms with Gasteiger partial charge in [0.2, 0.25) is 0 Å². The normalized spacial score (nSPS) is 11.3. The van der Waals surface area contributed by atoms with E-state index in [2.05, 4.69) is 52.0 Å². The number of aryl methyl sites for hydroxylation is 2. The molecule has 0 spiro atoms. The van der Waals surface area contributed by atoms with Gasteiger partial charge in [0.05, 0.1) is 11.6 Å². The van der Waals surface area contributed by atoms with Gasteiger partial charge in [0.25, 0.3) is 0 Å². The van der Waals surface area contributed by atoms with E-state index >= 15 is 0 Å². The minimum absolute atomic E-state index is 0.204. The summed E-state index contributed by atoms with van der Waals surface area (Å²) in [6.07, 6.45) is 2.09.